The fourth-order valence-corrected chi connectivity index (χ4v) is 2.61. The maximum Gasteiger partial charge on any atom is 0.261 e. The first-order valence-electron chi connectivity index (χ1n) is 8.76. The molecule has 3 rings (SSSR count). The molecule has 0 aliphatic carbocycles. The lowest BCUT2D eigenvalue weighted by atomic mass is 10.2. The van der Waals surface area contributed by atoms with Gasteiger partial charge in [0.15, 0.2) is 6.10 Å². The van der Waals surface area contributed by atoms with Gasteiger partial charge >= 0.3 is 0 Å². The van der Waals surface area contributed by atoms with E-state index in [2.05, 4.69) is 15.5 Å². The lowest BCUT2D eigenvalue weighted by molar-refractivity contribution is -0.128. The maximum atomic E-state index is 12.4. The van der Waals surface area contributed by atoms with E-state index in [9.17, 15) is 4.79 Å². The van der Waals surface area contributed by atoms with Crippen molar-refractivity contribution < 1.29 is 18.8 Å². The molecule has 1 aromatic heterocycles. The Morgan fingerprint density at radius 1 is 1.21 bits per heavy atom. The Bertz CT molecular complexity index is 927. The third-order valence-electron chi connectivity index (χ3n) is 3.97. The van der Waals surface area contributed by atoms with Gasteiger partial charge in [-0.05, 0) is 42.8 Å². The van der Waals surface area contributed by atoms with Gasteiger partial charge in [-0.25, -0.2) is 0 Å². The molecule has 0 aliphatic heterocycles. The van der Waals surface area contributed by atoms with Crippen molar-refractivity contribution >= 4 is 17.5 Å². The average Bonchev–Trinajstić information content (AvgIpc) is 3.21. The summed E-state index contributed by atoms with van der Waals surface area (Å²) in [5, 5.41) is 7.31. The Kier molecular flexibility index (Phi) is 6.49. The lowest BCUT2D eigenvalue weighted by Crippen LogP contribution is -2.37. The zero-order chi connectivity index (χ0) is 19.9. The number of halogens is 1. The third kappa shape index (κ3) is 5.01. The van der Waals surface area contributed by atoms with Crippen molar-refractivity contribution in [3.8, 4) is 22.9 Å². The van der Waals surface area contributed by atoms with Gasteiger partial charge in [-0.2, -0.15) is 4.98 Å². The highest BCUT2D eigenvalue weighted by atomic mass is 35.5. The Hall–Kier alpha value is -3.06. The lowest BCUT2D eigenvalue weighted by Gasteiger charge is -2.16. The Morgan fingerprint density at radius 2 is 2.00 bits per heavy atom. The number of ether oxygens (including phenoxy) is 2. The molecule has 2 aromatic carbocycles. The summed E-state index contributed by atoms with van der Waals surface area (Å²) in [6.45, 7) is 1.98. The summed E-state index contributed by atoms with van der Waals surface area (Å²) in [7, 11) is 1.59. The van der Waals surface area contributed by atoms with Gasteiger partial charge in [0, 0.05) is 10.6 Å². The maximum absolute atomic E-state index is 12.4. The van der Waals surface area contributed by atoms with Crippen LogP contribution in [0.15, 0.2) is 53.1 Å². The first kappa shape index (κ1) is 19.7. The van der Waals surface area contributed by atoms with E-state index >= 15 is 0 Å². The van der Waals surface area contributed by atoms with Crippen LogP contribution in [0.1, 0.15) is 19.2 Å². The molecule has 0 saturated carbocycles. The van der Waals surface area contributed by atoms with Crippen molar-refractivity contribution in [3.05, 3.63) is 59.4 Å². The minimum atomic E-state index is -0.637. The number of rotatable bonds is 8. The SMILES string of the molecule is CCC(Oc1ccc(Cl)cc1)C(=O)NCc1nc(-c2cccc(OC)c2)no1. The van der Waals surface area contributed by atoms with Crippen LogP contribution in [0.4, 0.5) is 0 Å². The normalized spacial score (nSPS) is 11.7. The number of nitrogens with one attached hydrogen (secondary N) is 1. The predicted molar refractivity (Wildman–Crippen MR) is 104 cm³/mol. The van der Waals surface area contributed by atoms with Crippen molar-refractivity contribution in [1.82, 2.24) is 15.5 Å². The van der Waals surface area contributed by atoms with E-state index in [1.807, 2.05) is 25.1 Å². The number of amides is 1. The molecule has 1 atom stereocenters. The van der Waals surface area contributed by atoms with Gasteiger partial charge in [-0.15, -0.1) is 0 Å². The van der Waals surface area contributed by atoms with Crippen molar-refractivity contribution in [2.24, 2.45) is 0 Å². The highest BCUT2D eigenvalue weighted by Crippen LogP contribution is 2.21. The summed E-state index contributed by atoms with van der Waals surface area (Å²) in [5.41, 5.74) is 0.762. The molecule has 7 nitrogen and oxygen atoms in total. The highest BCUT2D eigenvalue weighted by molar-refractivity contribution is 6.30. The molecular formula is C20H20ClN3O4. The molecule has 0 aliphatic rings. The molecule has 146 valence electrons. The predicted octanol–water partition coefficient (Wildman–Crippen LogP) is 3.87. The molecule has 0 radical (unpaired) electrons. The molecular weight excluding hydrogens is 382 g/mol. The molecule has 0 fully saturated rings. The van der Waals surface area contributed by atoms with Gasteiger partial charge in [0.05, 0.1) is 13.7 Å². The number of carbonyl (C=O) groups is 1. The summed E-state index contributed by atoms with van der Waals surface area (Å²) in [4.78, 5) is 16.7. The highest BCUT2D eigenvalue weighted by Gasteiger charge is 2.19. The van der Waals surface area contributed by atoms with Crippen LogP contribution >= 0.6 is 11.6 Å². The topological polar surface area (TPSA) is 86.5 Å². The van der Waals surface area contributed by atoms with Crippen molar-refractivity contribution in [3.63, 3.8) is 0 Å². The summed E-state index contributed by atoms with van der Waals surface area (Å²) in [6, 6.07) is 14.2. The van der Waals surface area contributed by atoms with E-state index in [0.29, 0.717) is 34.7 Å². The van der Waals surface area contributed by atoms with Crippen LogP contribution in [0.2, 0.25) is 5.02 Å². The minimum Gasteiger partial charge on any atom is -0.497 e. The van der Waals surface area contributed by atoms with E-state index in [1.54, 1.807) is 37.4 Å². The Balaban J connectivity index is 1.59. The second-order valence-electron chi connectivity index (χ2n) is 5.93. The summed E-state index contributed by atoms with van der Waals surface area (Å²) in [6.07, 6.45) is -0.130. The molecule has 8 heteroatoms. The molecule has 1 unspecified atom stereocenters. The fraction of sp³-hybridized carbons (Fsp3) is 0.250. The van der Waals surface area contributed by atoms with Crippen molar-refractivity contribution in [2.75, 3.05) is 7.11 Å². The molecule has 1 heterocycles. The summed E-state index contributed by atoms with van der Waals surface area (Å²) in [5.74, 6) is 1.73. The van der Waals surface area contributed by atoms with Gasteiger partial charge in [0.1, 0.15) is 11.5 Å². The van der Waals surface area contributed by atoms with Crippen LogP contribution in [-0.4, -0.2) is 29.3 Å². The number of aromatic nitrogens is 2. The second-order valence-corrected chi connectivity index (χ2v) is 6.37. The Labute approximate surface area is 167 Å². The van der Waals surface area contributed by atoms with Crippen molar-refractivity contribution in [1.29, 1.82) is 0 Å². The van der Waals surface area contributed by atoms with Gasteiger partial charge in [-0.3, -0.25) is 4.79 Å². The van der Waals surface area contributed by atoms with Crippen LogP contribution in [-0.2, 0) is 11.3 Å². The zero-order valence-corrected chi connectivity index (χ0v) is 16.3. The molecule has 0 saturated heterocycles. The monoisotopic (exact) mass is 401 g/mol. The minimum absolute atomic E-state index is 0.107. The van der Waals surface area contributed by atoms with Crippen LogP contribution < -0.4 is 14.8 Å². The zero-order valence-electron chi connectivity index (χ0n) is 15.5. The van der Waals surface area contributed by atoms with E-state index in [4.69, 9.17) is 25.6 Å². The van der Waals surface area contributed by atoms with Crippen LogP contribution in [0.5, 0.6) is 11.5 Å². The van der Waals surface area contributed by atoms with Gasteiger partial charge < -0.3 is 19.3 Å². The molecule has 0 bridgehead atoms. The van der Waals surface area contributed by atoms with Crippen molar-refractivity contribution in [2.45, 2.75) is 26.0 Å². The van der Waals surface area contributed by atoms with E-state index < -0.39 is 6.10 Å². The average molecular weight is 402 g/mol. The second kappa shape index (κ2) is 9.23. The molecule has 0 spiro atoms. The van der Waals surface area contributed by atoms with Gasteiger partial charge in [-0.1, -0.05) is 35.8 Å². The third-order valence-corrected chi connectivity index (χ3v) is 4.22. The Morgan fingerprint density at radius 3 is 2.71 bits per heavy atom. The number of benzene rings is 2. The fourth-order valence-electron chi connectivity index (χ4n) is 2.48. The van der Waals surface area contributed by atoms with Crippen LogP contribution in [0, 0.1) is 0 Å². The smallest absolute Gasteiger partial charge is 0.261 e. The molecule has 1 amide bonds. The molecule has 1 N–H and O–H groups in total. The van der Waals surface area contributed by atoms with Crippen LogP contribution in [0.3, 0.4) is 0 Å². The first-order valence-corrected chi connectivity index (χ1v) is 9.13. The van der Waals surface area contributed by atoms with E-state index in [0.717, 1.165) is 5.56 Å². The first-order chi connectivity index (χ1) is 13.6. The number of hydrogen-bond acceptors (Lipinski definition) is 6. The number of nitrogens with zero attached hydrogens (tertiary/aromatic N) is 2. The molecule has 28 heavy (non-hydrogen) atoms. The van der Waals surface area contributed by atoms with E-state index in [-0.39, 0.29) is 12.5 Å². The largest absolute Gasteiger partial charge is 0.497 e. The summed E-state index contributed by atoms with van der Waals surface area (Å²) >= 11 is 5.86. The number of hydrogen-bond donors (Lipinski definition) is 1. The number of methoxy groups -OCH3 is 1. The van der Waals surface area contributed by atoms with Gasteiger partial charge in [0.2, 0.25) is 11.7 Å². The molecule has 3 aromatic rings. The quantitative estimate of drug-likeness (QED) is 0.616. The summed E-state index contributed by atoms with van der Waals surface area (Å²) < 4.78 is 16.1. The standard InChI is InChI=1S/C20H20ClN3O4/c1-3-17(27-15-9-7-14(21)8-10-15)20(25)22-12-18-23-19(24-28-18)13-5-4-6-16(11-13)26-2/h4-11,17H,3,12H2,1-2H3,(H,22,25). The van der Waals surface area contributed by atoms with Gasteiger partial charge in [0.25, 0.3) is 5.91 Å². The van der Waals surface area contributed by atoms with E-state index in [1.165, 1.54) is 0 Å². The number of carbonyl (C=O) groups excluding carboxylic acids is 1. The van der Waals surface area contributed by atoms with Crippen LogP contribution in [0.25, 0.3) is 11.4 Å².